The van der Waals surface area contributed by atoms with Crippen molar-refractivity contribution in [3.8, 4) is 29.2 Å². The zero-order chi connectivity index (χ0) is 58.1. The summed E-state index contributed by atoms with van der Waals surface area (Å²) in [4.78, 5) is 18.5. The number of hydrogen-bond acceptors (Lipinski definition) is 16. The Kier molecular flexibility index (Phi) is 22.9. The summed E-state index contributed by atoms with van der Waals surface area (Å²) in [5.41, 5.74) is 4.35. The number of aliphatic hydroxyl groups is 4. The van der Waals surface area contributed by atoms with Crippen LogP contribution in [0.4, 0.5) is 17.6 Å². The van der Waals surface area contributed by atoms with Gasteiger partial charge in [-0.05, 0) is 116 Å². The van der Waals surface area contributed by atoms with Crippen LogP contribution in [0.5, 0.6) is 5.75 Å². The fraction of sp³-hybridized carbons (Fsp3) is 0.707. The fourth-order valence-corrected chi connectivity index (χ4v) is 11.3. The molecule has 0 bridgehead atoms. The minimum absolute atomic E-state index is 0.0155. The molecule has 7 N–H and O–H groups in total. The van der Waals surface area contributed by atoms with E-state index in [0.29, 0.717) is 50.0 Å². The van der Waals surface area contributed by atoms with Gasteiger partial charge in [0.2, 0.25) is 0 Å². The number of carbonyl (C=O) groups is 1. The molecule has 3 saturated heterocycles. The first-order chi connectivity index (χ1) is 36.5. The molecule has 2 aromatic carbocycles. The zero-order valence-corrected chi connectivity index (χ0v) is 47.5. The summed E-state index contributed by atoms with van der Waals surface area (Å²) in [6.45, 7) is 15.8. The standard InChI is InChI=1S/C58H88F4N4O12/c1-14-47-56(10,70)51(67)38(7)66(12)33-34(3)29-57(71,15-2)53(36(5)50(37(6)54(69)75-47)76-49-30-55(9,72-13)52(68)39(8)74-49)77-48-28-45(26-35(4)73-48)65(11)25-24-43(63)32-64-44(31-59)27-40-16-18-41(19-17-40)42-20-22-46(23-21-42)78-58(60,61)62/h2,16-23,32,34-39,44-45,47-53,64,67-68,70-71H,14,24-31,33,63H2,1,3-13H3/b43-32-/t34-,35-,36+,37-,38-,39?,44+,45+,47-,48+,49+,50+,51-,52+,53-,55-,56-,57-/m1/s1. The molecule has 78 heavy (non-hydrogen) atoms. The molecule has 20 heteroatoms. The van der Waals surface area contributed by atoms with Crippen LogP contribution in [0.1, 0.15) is 106 Å². The van der Waals surface area contributed by atoms with Crippen molar-refractivity contribution >= 4 is 5.97 Å². The molecule has 0 aromatic heterocycles. The van der Waals surface area contributed by atoms with Gasteiger partial charge in [-0.25, -0.2) is 4.39 Å². The number of cyclic esters (lactones) is 1. The van der Waals surface area contributed by atoms with Crippen LogP contribution in [-0.2, 0) is 39.6 Å². The normalized spacial score (nSPS) is 36.7. The number of methoxy groups -OCH3 is 1. The lowest BCUT2D eigenvalue weighted by Crippen LogP contribution is -2.59. The van der Waals surface area contributed by atoms with E-state index in [1.54, 1.807) is 54.8 Å². The van der Waals surface area contributed by atoms with Gasteiger partial charge in [-0.1, -0.05) is 63.1 Å². The van der Waals surface area contributed by atoms with Crippen LogP contribution >= 0.6 is 0 Å². The number of nitrogens with two attached hydrogens (primary N) is 1. The Morgan fingerprint density at radius 3 is 2.18 bits per heavy atom. The summed E-state index contributed by atoms with van der Waals surface area (Å²) >= 11 is 0. The first kappa shape index (κ1) is 64.7. The van der Waals surface area contributed by atoms with Gasteiger partial charge in [0.25, 0.3) is 0 Å². The summed E-state index contributed by atoms with van der Waals surface area (Å²) in [5.74, 6) is -0.678. The number of ether oxygens (including phenoxy) is 7. The molecular formula is C58H88F4N4O12. The highest BCUT2D eigenvalue weighted by atomic mass is 19.4. The summed E-state index contributed by atoms with van der Waals surface area (Å²) in [7, 11) is 5.25. The predicted molar refractivity (Wildman–Crippen MR) is 287 cm³/mol. The van der Waals surface area contributed by atoms with Crippen LogP contribution in [0.2, 0.25) is 0 Å². The van der Waals surface area contributed by atoms with Gasteiger partial charge in [0.1, 0.15) is 42.4 Å². The van der Waals surface area contributed by atoms with Gasteiger partial charge >= 0.3 is 12.3 Å². The maximum Gasteiger partial charge on any atom is 0.573 e. The zero-order valence-electron chi connectivity index (χ0n) is 47.5. The second-order valence-corrected chi connectivity index (χ2v) is 22.7. The van der Waals surface area contributed by atoms with Crippen LogP contribution in [-0.4, -0.2) is 174 Å². The van der Waals surface area contributed by atoms with E-state index in [-0.39, 0.29) is 43.1 Å². The van der Waals surface area contributed by atoms with E-state index in [1.165, 1.54) is 38.3 Å². The topological polar surface area (TPSA) is 207 Å². The summed E-state index contributed by atoms with van der Waals surface area (Å²) in [6, 6.07) is 11.6. The van der Waals surface area contributed by atoms with Crippen molar-refractivity contribution in [2.24, 2.45) is 23.5 Å². The van der Waals surface area contributed by atoms with E-state index < -0.39 is 109 Å². The van der Waals surface area contributed by atoms with Crippen molar-refractivity contribution in [2.75, 3.05) is 41.0 Å². The van der Waals surface area contributed by atoms with Crippen molar-refractivity contribution in [3.63, 3.8) is 0 Å². The number of nitrogens with zero attached hydrogens (tertiary/aromatic N) is 2. The Morgan fingerprint density at radius 2 is 1.60 bits per heavy atom. The van der Waals surface area contributed by atoms with Crippen molar-refractivity contribution in [2.45, 2.75) is 204 Å². The van der Waals surface area contributed by atoms with Gasteiger partial charge in [-0.15, -0.1) is 19.6 Å². The minimum Gasteiger partial charge on any atom is -0.459 e. The third-order valence-electron chi connectivity index (χ3n) is 16.3. The van der Waals surface area contributed by atoms with E-state index in [2.05, 4.69) is 20.9 Å². The lowest BCUT2D eigenvalue weighted by molar-refractivity contribution is -0.307. The molecule has 1 unspecified atom stereocenters. The molecule has 440 valence electrons. The average molecular weight is 1110 g/mol. The molecule has 3 fully saturated rings. The molecule has 3 aliphatic rings. The van der Waals surface area contributed by atoms with Crippen LogP contribution < -0.4 is 15.8 Å². The first-order valence-corrected chi connectivity index (χ1v) is 27.3. The van der Waals surface area contributed by atoms with Crippen LogP contribution in [0.25, 0.3) is 11.1 Å². The number of benzene rings is 2. The Bertz CT molecular complexity index is 2270. The molecule has 0 spiro atoms. The average Bonchev–Trinajstić information content (AvgIpc) is 3.43. The fourth-order valence-electron chi connectivity index (χ4n) is 11.3. The van der Waals surface area contributed by atoms with Crippen LogP contribution in [0, 0.1) is 30.1 Å². The smallest absolute Gasteiger partial charge is 0.459 e. The van der Waals surface area contributed by atoms with E-state index in [9.17, 15) is 42.8 Å². The van der Waals surface area contributed by atoms with Crippen molar-refractivity contribution in [3.05, 3.63) is 66.0 Å². The van der Waals surface area contributed by atoms with Gasteiger partial charge < -0.3 is 74.4 Å². The number of likely N-dealkylation sites (N-methyl/N-ethyl adjacent to an activating group) is 1. The molecule has 18 atom stereocenters. The maximum absolute atomic E-state index is 14.5. The predicted octanol–water partition coefficient (Wildman–Crippen LogP) is 6.84. The van der Waals surface area contributed by atoms with Gasteiger partial charge in [-0.2, -0.15) is 0 Å². The second-order valence-electron chi connectivity index (χ2n) is 22.7. The molecular weight excluding hydrogens is 1020 g/mol. The quantitative estimate of drug-likeness (QED) is 0.0545. The third-order valence-corrected chi connectivity index (χ3v) is 16.3. The molecule has 0 saturated carbocycles. The minimum atomic E-state index is -4.78. The molecule has 3 heterocycles. The Morgan fingerprint density at radius 1 is 0.974 bits per heavy atom. The lowest BCUT2D eigenvalue weighted by Gasteiger charge is -2.48. The number of carbonyl (C=O) groups excluding carboxylic acids is 1. The molecule has 5 rings (SSSR count). The number of alkyl halides is 4. The highest BCUT2D eigenvalue weighted by Gasteiger charge is 2.53. The van der Waals surface area contributed by atoms with Crippen LogP contribution in [0.3, 0.4) is 0 Å². The van der Waals surface area contributed by atoms with E-state index in [4.69, 9.17) is 40.6 Å². The lowest BCUT2D eigenvalue weighted by atomic mass is 9.77. The number of aliphatic hydroxyl groups excluding tert-OH is 2. The van der Waals surface area contributed by atoms with E-state index >= 15 is 0 Å². The number of terminal acetylenes is 1. The van der Waals surface area contributed by atoms with E-state index in [0.717, 1.165) is 11.1 Å². The summed E-state index contributed by atoms with van der Waals surface area (Å²) in [6.07, 6.45) is -3.60. The first-order valence-electron chi connectivity index (χ1n) is 27.3. The molecule has 3 aliphatic heterocycles. The van der Waals surface area contributed by atoms with E-state index in [1.807, 2.05) is 50.1 Å². The number of esters is 1. The van der Waals surface area contributed by atoms with Crippen molar-refractivity contribution in [1.82, 2.24) is 15.1 Å². The Balaban J connectivity index is 1.35. The van der Waals surface area contributed by atoms with Gasteiger partial charge in [0.05, 0.1) is 35.9 Å². The Hall–Kier alpha value is -4.11. The SMILES string of the molecule is C#C[C@@]1(O)C[C@@H](C)CN(C)[C@H](C)[C@@H](O)[C@](C)(O)[C@@H](CC)OC(=O)[C@H](C)[C@@H](O[C@H]2C[C@@](C)(OC)[C@@H](O)C(C)O2)[C@H](C)[C@H]1O[C@H]1C[C@@H](N(C)CC/C(N)=C/N[C@H](CF)Cc2ccc(-c3ccc(OC(F)(F)F)cc3)cc2)C[C@@H](C)O1. The monoisotopic (exact) mass is 1110 g/mol. The maximum atomic E-state index is 14.5. The largest absolute Gasteiger partial charge is 0.573 e. The van der Waals surface area contributed by atoms with Gasteiger partial charge in [-0.3, -0.25) is 4.79 Å². The third kappa shape index (κ3) is 16.7. The molecule has 16 nitrogen and oxygen atoms in total. The molecule has 0 aliphatic carbocycles. The summed E-state index contributed by atoms with van der Waals surface area (Å²) in [5, 5.41) is 50.7. The van der Waals surface area contributed by atoms with Crippen LogP contribution in [0.15, 0.2) is 60.4 Å². The number of halogens is 4. The number of rotatable bonds is 17. The van der Waals surface area contributed by atoms with Gasteiger partial charge in [0.15, 0.2) is 18.2 Å². The summed E-state index contributed by atoms with van der Waals surface area (Å²) < 4.78 is 94.5. The Labute approximate surface area is 459 Å². The van der Waals surface area contributed by atoms with Crippen molar-refractivity contribution < 1.29 is 75.9 Å². The molecule has 0 radical (unpaired) electrons. The second kappa shape index (κ2) is 27.6. The number of hydrogen-bond donors (Lipinski definition) is 6. The molecule has 2 aromatic rings. The van der Waals surface area contributed by atoms with Gasteiger partial charge in [0, 0.05) is 69.4 Å². The van der Waals surface area contributed by atoms with Crippen molar-refractivity contribution in [1.29, 1.82) is 0 Å². The molecule has 0 amide bonds. The highest BCUT2D eigenvalue weighted by molar-refractivity contribution is 5.73. The highest BCUT2D eigenvalue weighted by Crippen LogP contribution is 2.40. The number of nitrogens with one attached hydrogen (secondary N) is 1.